The fraction of sp³-hybridized carbons (Fsp3) is 0.304. The first kappa shape index (κ1) is 19.9. The lowest BCUT2D eigenvalue weighted by molar-refractivity contribution is 0.122. The van der Waals surface area contributed by atoms with E-state index in [1.165, 1.54) is 15.6 Å². The zero-order valence-electron chi connectivity index (χ0n) is 16.6. The Labute approximate surface area is 172 Å². The minimum atomic E-state index is -3.43. The summed E-state index contributed by atoms with van der Waals surface area (Å²) in [5, 5.41) is 1.01. The largest absolute Gasteiger partial charge is 0.297 e. The van der Waals surface area contributed by atoms with Gasteiger partial charge in [-0.05, 0) is 17.2 Å². The van der Waals surface area contributed by atoms with E-state index >= 15 is 0 Å². The van der Waals surface area contributed by atoms with Crippen LogP contribution in [0.2, 0.25) is 0 Å². The number of benzene rings is 2. The summed E-state index contributed by atoms with van der Waals surface area (Å²) < 4.78 is 26.7. The summed E-state index contributed by atoms with van der Waals surface area (Å²) in [5.41, 5.74) is 3.15. The summed E-state index contributed by atoms with van der Waals surface area (Å²) in [6, 6.07) is 18.3. The molecule has 6 heteroatoms. The molecule has 1 aromatic heterocycles. The molecule has 0 N–H and O–H groups in total. The highest BCUT2D eigenvalue weighted by molar-refractivity contribution is 7.90. The van der Waals surface area contributed by atoms with Gasteiger partial charge < -0.3 is 0 Å². The summed E-state index contributed by atoms with van der Waals surface area (Å²) in [4.78, 5) is 4.89. The monoisotopic (exact) mass is 409 g/mol. The lowest BCUT2D eigenvalue weighted by atomic mass is 10.1. The molecule has 0 bridgehead atoms. The van der Waals surface area contributed by atoms with Crippen molar-refractivity contribution in [3.05, 3.63) is 84.6 Å². The van der Waals surface area contributed by atoms with Gasteiger partial charge in [0, 0.05) is 50.9 Å². The van der Waals surface area contributed by atoms with E-state index in [9.17, 15) is 8.42 Å². The quantitative estimate of drug-likeness (QED) is 0.562. The first-order valence-electron chi connectivity index (χ1n) is 9.98. The summed E-state index contributed by atoms with van der Waals surface area (Å²) >= 11 is 0. The summed E-state index contributed by atoms with van der Waals surface area (Å²) in [7, 11) is -3.43. The Kier molecular flexibility index (Phi) is 5.85. The maximum atomic E-state index is 12.6. The molecule has 1 aliphatic heterocycles. The van der Waals surface area contributed by atoms with E-state index in [0.717, 1.165) is 55.7 Å². The van der Waals surface area contributed by atoms with Crippen molar-refractivity contribution in [2.75, 3.05) is 31.9 Å². The van der Waals surface area contributed by atoms with Crippen molar-refractivity contribution in [3.8, 4) is 0 Å². The zero-order chi connectivity index (χ0) is 20.3. The van der Waals surface area contributed by atoms with Crippen molar-refractivity contribution < 1.29 is 8.42 Å². The number of para-hydroxylation sites is 1. The van der Waals surface area contributed by atoms with Gasteiger partial charge in [0.1, 0.15) is 0 Å². The van der Waals surface area contributed by atoms with E-state index in [-0.39, 0.29) is 5.75 Å². The van der Waals surface area contributed by atoms with Crippen molar-refractivity contribution in [1.82, 2.24) is 13.8 Å². The van der Waals surface area contributed by atoms with E-state index in [2.05, 4.69) is 40.6 Å². The topological polar surface area (TPSA) is 45.6 Å². The summed E-state index contributed by atoms with van der Waals surface area (Å²) in [6.07, 6.45) is 3.23. The Bertz CT molecular complexity index is 1080. The van der Waals surface area contributed by atoms with Gasteiger partial charge in [0.25, 0.3) is 0 Å². The Balaban J connectivity index is 1.47. The van der Waals surface area contributed by atoms with Crippen LogP contribution in [-0.2, 0) is 23.1 Å². The van der Waals surface area contributed by atoms with Crippen LogP contribution in [-0.4, -0.2) is 54.1 Å². The SMILES string of the molecule is C=CCS(=O)(=O)n1cc(CN2CCN(Cc3ccccc3)CC2)c2ccccc21. The molecule has 0 amide bonds. The average molecular weight is 410 g/mol. The molecule has 29 heavy (non-hydrogen) atoms. The molecule has 1 fully saturated rings. The van der Waals surface area contributed by atoms with Gasteiger partial charge in [0.2, 0.25) is 10.0 Å². The summed E-state index contributed by atoms with van der Waals surface area (Å²) in [6.45, 7) is 9.31. The van der Waals surface area contributed by atoms with Gasteiger partial charge >= 0.3 is 0 Å². The molecule has 0 aliphatic carbocycles. The van der Waals surface area contributed by atoms with Crippen LogP contribution in [0.5, 0.6) is 0 Å². The lowest BCUT2D eigenvalue weighted by Gasteiger charge is -2.34. The maximum absolute atomic E-state index is 12.6. The predicted molar refractivity (Wildman–Crippen MR) is 118 cm³/mol. The number of hydrogen-bond acceptors (Lipinski definition) is 4. The van der Waals surface area contributed by atoms with Gasteiger partial charge in [-0.3, -0.25) is 9.80 Å². The average Bonchev–Trinajstić information content (AvgIpc) is 3.10. The van der Waals surface area contributed by atoms with Crippen LogP contribution in [0.25, 0.3) is 10.9 Å². The first-order chi connectivity index (χ1) is 14.1. The van der Waals surface area contributed by atoms with E-state index in [0.29, 0.717) is 0 Å². The molecule has 1 aliphatic rings. The van der Waals surface area contributed by atoms with Crippen LogP contribution in [0, 0.1) is 0 Å². The van der Waals surface area contributed by atoms with E-state index in [1.807, 2.05) is 30.3 Å². The summed E-state index contributed by atoms with van der Waals surface area (Å²) in [5.74, 6) is -0.0662. The van der Waals surface area contributed by atoms with Crippen LogP contribution in [0.4, 0.5) is 0 Å². The Hall–Kier alpha value is -2.41. The van der Waals surface area contributed by atoms with Gasteiger partial charge in [0.05, 0.1) is 11.3 Å². The Morgan fingerprint density at radius 1 is 0.862 bits per heavy atom. The van der Waals surface area contributed by atoms with Crippen molar-refractivity contribution in [2.24, 2.45) is 0 Å². The van der Waals surface area contributed by atoms with Crippen molar-refractivity contribution in [1.29, 1.82) is 0 Å². The number of piperazine rings is 1. The third-order valence-corrected chi connectivity index (χ3v) is 7.05. The van der Waals surface area contributed by atoms with E-state index in [4.69, 9.17) is 0 Å². The van der Waals surface area contributed by atoms with Crippen molar-refractivity contribution in [2.45, 2.75) is 13.1 Å². The molecule has 0 atom stereocenters. The second-order valence-electron chi connectivity index (χ2n) is 7.57. The molecule has 4 rings (SSSR count). The molecule has 0 unspecified atom stereocenters. The van der Waals surface area contributed by atoms with Crippen LogP contribution in [0.3, 0.4) is 0 Å². The van der Waals surface area contributed by atoms with Crippen LogP contribution < -0.4 is 0 Å². The molecule has 2 aromatic carbocycles. The molecule has 0 radical (unpaired) electrons. The highest BCUT2D eigenvalue weighted by Crippen LogP contribution is 2.25. The number of aromatic nitrogens is 1. The molecule has 1 saturated heterocycles. The molecule has 5 nitrogen and oxygen atoms in total. The smallest absolute Gasteiger partial charge is 0.242 e. The second-order valence-corrected chi connectivity index (χ2v) is 9.46. The van der Waals surface area contributed by atoms with E-state index < -0.39 is 10.0 Å². The second kappa shape index (κ2) is 8.53. The number of hydrogen-bond donors (Lipinski definition) is 0. The van der Waals surface area contributed by atoms with Gasteiger partial charge in [-0.15, -0.1) is 6.58 Å². The van der Waals surface area contributed by atoms with E-state index in [1.54, 1.807) is 6.20 Å². The van der Waals surface area contributed by atoms with Gasteiger partial charge in [-0.2, -0.15) is 0 Å². The predicted octanol–water partition coefficient (Wildman–Crippen LogP) is 3.32. The molecule has 3 aromatic rings. The van der Waals surface area contributed by atoms with Crippen LogP contribution in [0.1, 0.15) is 11.1 Å². The minimum Gasteiger partial charge on any atom is -0.297 e. The fourth-order valence-electron chi connectivity index (χ4n) is 3.99. The number of rotatable bonds is 7. The first-order valence-corrected chi connectivity index (χ1v) is 11.6. The molecule has 0 saturated carbocycles. The third kappa shape index (κ3) is 4.45. The standard InChI is InChI=1S/C23H27N3O2S/c1-2-16-29(27,28)26-19-21(22-10-6-7-11-23(22)26)18-25-14-12-24(13-15-25)17-20-8-4-3-5-9-20/h2-11,19H,1,12-18H2. The minimum absolute atomic E-state index is 0.0662. The highest BCUT2D eigenvalue weighted by atomic mass is 32.2. The fourth-order valence-corrected chi connectivity index (χ4v) is 5.20. The third-order valence-electron chi connectivity index (χ3n) is 5.50. The molecular formula is C23H27N3O2S. The molecule has 2 heterocycles. The number of nitrogens with zero attached hydrogens (tertiary/aromatic N) is 3. The number of fused-ring (bicyclic) bond motifs is 1. The normalized spacial score (nSPS) is 16.3. The molecule has 0 spiro atoms. The van der Waals surface area contributed by atoms with Crippen LogP contribution in [0.15, 0.2) is 73.4 Å². The van der Waals surface area contributed by atoms with Crippen LogP contribution >= 0.6 is 0 Å². The molecule has 152 valence electrons. The molecular weight excluding hydrogens is 382 g/mol. The lowest BCUT2D eigenvalue weighted by Crippen LogP contribution is -2.45. The zero-order valence-corrected chi connectivity index (χ0v) is 17.4. The maximum Gasteiger partial charge on any atom is 0.242 e. The van der Waals surface area contributed by atoms with Crippen molar-refractivity contribution >= 4 is 20.9 Å². The highest BCUT2D eigenvalue weighted by Gasteiger charge is 2.21. The van der Waals surface area contributed by atoms with Gasteiger partial charge in [0.15, 0.2) is 0 Å². The van der Waals surface area contributed by atoms with Gasteiger partial charge in [-0.1, -0.05) is 54.6 Å². The van der Waals surface area contributed by atoms with Crippen molar-refractivity contribution in [3.63, 3.8) is 0 Å². The van der Waals surface area contributed by atoms with Gasteiger partial charge in [-0.25, -0.2) is 12.4 Å². The Morgan fingerprint density at radius 3 is 2.17 bits per heavy atom. The Morgan fingerprint density at radius 2 is 1.48 bits per heavy atom.